The van der Waals surface area contributed by atoms with Gasteiger partial charge in [-0.2, -0.15) is 11.3 Å². The van der Waals surface area contributed by atoms with E-state index in [0.717, 1.165) is 29.7 Å². The number of Topliss-reactive ketones (excluding diaryl/α,β-unsaturated/α-hetero) is 1. The Morgan fingerprint density at radius 3 is 2.09 bits per heavy atom. The van der Waals surface area contributed by atoms with Gasteiger partial charge in [-0.05, 0) is 108 Å². The van der Waals surface area contributed by atoms with E-state index in [1.165, 1.54) is 37.5 Å². The van der Waals surface area contributed by atoms with Crippen molar-refractivity contribution in [2.45, 2.75) is 64.8 Å². The monoisotopic (exact) mass is 640 g/mol. The maximum atomic E-state index is 12.9. The molecule has 1 aromatic heterocycles. The second-order valence-electron chi connectivity index (χ2n) is 11.1. The van der Waals surface area contributed by atoms with Gasteiger partial charge in [0.15, 0.2) is 5.78 Å². The number of amides is 2. The summed E-state index contributed by atoms with van der Waals surface area (Å²) in [5.41, 5.74) is 3.09. The summed E-state index contributed by atoms with van der Waals surface area (Å²) in [6.45, 7) is 4.27. The van der Waals surface area contributed by atoms with E-state index < -0.39 is 17.9 Å². The highest BCUT2D eigenvalue weighted by molar-refractivity contribution is 7.08. The van der Waals surface area contributed by atoms with Crippen LogP contribution in [0, 0.1) is 0 Å². The molecule has 46 heavy (non-hydrogen) atoms. The summed E-state index contributed by atoms with van der Waals surface area (Å²) in [6.07, 6.45) is 6.37. The maximum Gasteiger partial charge on any atom is 0.343 e. The van der Waals surface area contributed by atoms with Gasteiger partial charge in [0, 0.05) is 11.3 Å². The van der Waals surface area contributed by atoms with Crippen LogP contribution in [-0.2, 0) is 22.4 Å². The van der Waals surface area contributed by atoms with Crippen molar-refractivity contribution >= 4 is 40.6 Å². The van der Waals surface area contributed by atoms with Crippen LogP contribution in [0.3, 0.4) is 0 Å². The number of rotatable bonds is 17. The van der Waals surface area contributed by atoms with Crippen LogP contribution in [-0.4, -0.2) is 36.2 Å². The third kappa shape index (κ3) is 11.0. The van der Waals surface area contributed by atoms with Gasteiger partial charge < -0.3 is 20.1 Å². The minimum absolute atomic E-state index is 0.143. The zero-order valence-electron chi connectivity index (χ0n) is 26.3. The van der Waals surface area contributed by atoms with Crippen molar-refractivity contribution in [1.82, 2.24) is 5.32 Å². The van der Waals surface area contributed by atoms with E-state index in [9.17, 15) is 19.2 Å². The van der Waals surface area contributed by atoms with Crippen LogP contribution in [0.1, 0.15) is 77.8 Å². The third-order valence-electron chi connectivity index (χ3n) is 7.35. The Labute approximate surface area is 274 Å². The standard InChI is InChI=1S/C37H40N2O6S/c1-3-4-5-6-7-21-44-32-18-12-30(13-19-32)37(43)45-33-16-8-27(9-17-33)23-34(26(2)40)39-36(42)29-10-14-31(15-11-29)38-35(41)24-28-20-22-46-25-28/h8-20,22,25,34H,3-7,21,23-24H2,1-2H3,(H,38,41)(H,39,42)/t34-/m0/s1. The lowest BCUT2D eigenvalue weighted by molar-refractivity contribution is -0.119. The first-order valence-corrected chi connectivity index (χ1v) is 16.5. The molecule has 0 unspecified atom stereocenters. The van der Waals surface area contributed by atoms with E-state index in [4.69, 9.17) is 9.47 Å². The Morgan fingerprint density at radius 2 is 1.43 bits per heavy atom. The van der Waals surface area contributed by atoms with Crippen molar-refractivity contribution < 1.29 is 28.7 Å². The van der Waals surface area contributed by atoms with E-state index >= 15 is 0 Å². The van der Waals surface area contributed by atoms with Crippen molar-refractivity contribution in [3.8, 4) is 11.5 Å². The number of hydrogen-bond donors (Lipinski definition) is 2. The second kappa shape index (κ2) is 17.7. The quantitative estimate of drug-likeness (QED) is 0.0706. The highest BCUT2D eigenvalue weighted by Gasteiger charge is 2.19. The molecule has 0 aliphatic heterocycles. The molecule has 0 radical (unpaired) electrons. The molecule has 0 spiro atoms. The maximum absolute atomic E-state index is 12.9. The predicted molar refractivity (Wildman–Crippen MR) is 181 cm³/mol. The number of ketones is 1. The number of esters is 1. The number of nitrogens with one attached hydrogen (secondary N) is 2. The van der Waals surface area contributed by atoms with Gasteiger partial charge in [-0.25, -0.2) is 4.79 Å². The van der Waals surface area contributed by atoms with E-state index in [2.05, 4.69) is 17.6 Å². The van der Waals surface area contributed by atoms with Crippen LogP contribution in [0.25, 0.3) is 0 Å². The van der Waals surface area contributed by atoms with Crippen molar-refractivity contribution in [2.24, 2.45) is 0 Å². The molecule has 0 aliphatic carbocycles. The summed E-state index contributed by atoms with van der Waals surface area (Å²) < 4.78 is 11.3. The van der Waals surface area contributed by atoms with Gasteiger partial charge in [0.2, 0.25) is 5.91 Å². The third-order valence-corrected chi connectivity index (χ3v) is 8.08. The topological polar surface area (TPSA) is 111 Å². The summed E-state index contributed by atoms with van der Waals surface area (Å²) in [5.74, 6) is -0.131. The van der Waals surface area contributed by atoms with E-state index in [0.29, 0.717) is 29.2 Å². The number of ether oxygens (including phenoxy) is 2. The molecule has 4 rings (SSSR count). The van der Waals surface area contributed by atoms with Gasteiger partial charge in [0.05, 0.1) is 24.6 Å². The smallest absolute Gasteiger partial charge is 0.343 e. The lowest BCUT2D eigenvalue weighted by Gasteiger charge is -2.16. The average molecular weight is 641 g/mol. The lowest BCUT2D eigenvalue weighted by Crippen LogP contribution is -2.41. The molecule has 9 heteroatoms. The molecule has 1 atom stereocenters. The first-order valence-electron chi connectivity index (χ1n) is 15.6. The number of benzene rings is 3. The largest absolute Gasteiger partial charge is 0.494 e. The molecule has 1 heterocycles. The Hall–Kier alpha value is -4.76. The van der Waals surface area contributed by atoms with Crippen molar-refractivity contribution in [3.05, 3.63) is 112 Å². The first-order chi connectivity index (χ1) is 22.3. The van der Waals surface area contributed by atoms with Gasteiger partial charge in [-0.3, -0.25) is 14.4 Å². The van der Waals surface area contributed by atoms with Gasteiger partial charge in [0.25, 0.3) is 5.91 Å². The zero-order chi connectivity index (χ0) is 32.7. The zero-order valence-corrected chi connectivity index (χ0v) is 27.1. The highest BCUT2D eigenvalue weighted by atomic mass is 32.1. The summed E-state index contributed by atoms with van der Waals surface area (Å²) in [6, 6.07) is 21.4. The van der Waals surface area contributed by atoms with E-state index in [1.54, 1.807) is 72.8 Å². The van der Waals surface area contributed by atoms with Crippen LogP contribution in [0.4, 0.5) is 5.69 Å². The van der Waals surface area contributed by atoms with Gasteiger partial charge in [0.1, 0.15) is 11.5 Å². The number of carbonyl (C=O) groups excluding carboxylic acids is 4. The second-order valence-corrected chi connectivity index (χ2v) is 11.9. The molecule has 0 saturated carbocycles. The Bertz CT molecular complexity index is 1570. The predicted octanol–water partition coefficient (Wildman–Crippen LogP) is 7.43. The Kier molecular flexibility index (Phi) is 13.1. The summed E-state index contributed by atoms with van der Waals surface area (Å²) >= 11 is 1.54. The van der Waals surface area contributed by atoms with Crippen molar-refractivity contribution in [3.63, 3.8) is 0 Å². The molecule has 0 saturated heterocycles. The van der Waals surface area contributed by atoms with Crippen LogP contribution >= 0.6 is 11.3 Å². The molecule has 4 aromatic rings. The molecule has 0 aliphatic rings. The van der Waals surface area contributed by atoms with Crippen LogP contribution in [0.2, 0.25) is 0 Å². The fraction of sp³-hybridized carbons (Fsp3) is 0.297. The highest BCUT2D eigenvalue weighted by Crippen LogP contribution is 2.19. The number of thiophene rings is 1. The number of carbonyl (C=O) groups is 4. The van der Waals surface area contributed by atoms with Gasteiger partial charge in [-0.15, -0.1) is 0 Å². The van der Waals surface area contributed by atoms with Gasteiger partial charge in [-0.1, -0.05) is 44.7 Å². The SMILES string of the molecule is CCCCCCCOc1ccc(C(=O)Oc2ccc(C[C@H](NC(=O)c3ccc(NC(=O)Cc4ccsc4)cc3)C(C)=O)cc2)cc1. The summed E-state index contributed by atoms with van der Waals surface area (Å²) in [4.78, 5) is 50.2. The Balaban J connectivity index is 1.24. The first kappa shape index (κ1) is 34.1. The summed E-state index contributed by atoms with van der Waals surface area (Å²) in [7, 11) is 0. The lowest BCUT2D eigenvalue weighted by atomic mass is 10.0. The average Bonchev–Trinajstić information content (AvgIpc) is 3.56. The van der Waals surface area contributed by atoms with E-state index in [-0.39, 0.29) is 24.5 Å². The molecule has 2 amide bonds. The van der Waals surface area contributed by atoms with E-state index in [1.807, 2.05) is 16.8 Å². The molecular weight excluding hydrogens is 600 g/mol. The minimum Gasteiger partial charge on any atom is -0.494 e. The molecular formula is C37H40N2O6S. The van der Waals surface area contributed by atoms with Crippen LogP contribution < -0.4 is 20.1 Å². The number of unbranched alkanes of at least 4 members (excludes halogenated alkanes) is 4. The molecule has 240 valence electrons. The number of anilines is 1. The molecule has 0 bridgehead atoms. The van der Waals surface area contributed by atoms with Crippen molar-refractivity contribution in [1.29, 1.82) is 0 Å². The van der Waals surface area contributed by atoms with Gasteiger partial charge >= 0.3 is 5.97 Å². The fourth-order valence-corrected chi connectivity index (χ4v) is 5.37. The molecule has 8 nitrogen and oxygen atoms in total. The fourth-order valence-electron chi connectivity index (χ4n) is 4.70. The summed E-state index contributed by atoms with van der Waals surface area (Å²) in [5, 5.41) is 9.47. The van der Waals surface area contributed by atoms with Crippen LogP contribution in [0.5, 0.6) is 11.5 Å². The number of hydrogen-bond acceptors (Lipinski definition) is 7. The minimum atomic E-state index is -0.747. The van der Waals surface area contributed by atoms with Crippen LogP contribution in [0.15, 0.2) is 89.6 Å². The molecule has 3 aromatic carbocycles. The Morgan fingerprint density at radius 1 is 0.761 bits per heavy atom. The molecule has 0 fully saturated rings. The molecule has 2 N–H and O–H groups in total. The normalized spacial score (nSPS) is 11.3. The van der Waals surface area contributed by atoms with Crippen molar-refractivity contribution in [2.75, 3.05) is 11.9 Å².